The van der Waals surface area contributed by atoms with E-state index in [4.69, 9.17) is 19.5 Å². The van der Waals surface area contributed by atoms with E-state index in [0.29, 0.717) is 19.4 Å². The maximum absolute atomic E-state index is 13.0. The average Bonchev–Trinajstić information content (AvgIpc) is 3.03. The van der Waals surface area contributed by atoms with E-state index in [9.17, 15) is 43.3 Å². The van der Waals surface area contributed by atoms with E-state index in [2.05, 4.69) is 21.3 Å². The summed E-state index contributed by atoms with van der Waals surface area (Å²) in [5.74, 6) is -4.67. The number of rotatable bonds is 28. The number of nitrogens with zero attached hydrogens (tertiary/aromatic N) is 1. The Morgan fingerprint density at radius 1 is 0.843 bits per heavy atom. The normalized spacial score (nSPS) is 14.9. The lowest BCUT2D eigenvalue weighted by molar-refractivity contribution is -0.138. The number of carbonyl (C=O) groups excluding carboxylic acids is 6. The Balaban J connectivity index is 5.27. The molecule has 0 aromatic heterocycles. The lowest BCUT2D eigenvalue weighted by atomic mass is 10.0. The molecule has 0 aromatic carbocycles. The van der Waals surface area contributed by atoms with Gasteiger partial charge in [0.25, 0.3) is 0 Å². The second kappa shape index (κ2) is 25.7. The van der Waals surface area contributed by atoms with Crippen molar-refractivity contribution in [1.29, 1.82) is 0 Å². The number of hydrogen-bond acceptors (Lipinski definition) is 11. The summed E-state index contributed by atoms with van der Waals surface area (Å²) in [5.41, 5.74) is 5.37. The molecule has 8 N–H and O–H groups in total. The van der Waals surface area contributed by atoms with Crippen molar-refractivity contribution in [1.82, 2.24) is 26.2 Å². The van der Waals surface area contributed by atoms with Crippen molar-refractivity contribution in [2.75, 3.05) is 39.5 Å². The van der Waals surface area contributed by atoms with Crippen LogP contribution in [-0.4, -0.2) is 120 Å². The van der Waals surface area contributed by atoms with Crippen LogP contribution in [0.3, 0.4) is 0 Å². The smallest absolute Gasteiger partial charge is 0.394 e. The number of aliphatic hydroxyl groups excluding tert-OH is 1. The van der Waals surface area contributed by atoms with Gasteiger partial charge in [-0.05, 0) is 46.0 Å². The van der Waals surface area contributed by atoms with Crippen LogP contribution in [0.25, 0.3) is 0 Å². The molecule has 1 unspecified atom stereocenters. The van der Waals surface area contributed by atoms with Crippen LogP contribution in [-0.2, 0) is 47.1 Å². The van der Waals surface area contributed by atoms with Crippen LogP contribution in [0.15, 0.2) is 0 Å². The van der Waals surface area contributed by atoms with E-state index >= 15 is 0 Å². The molecule has 0 saturated carbocycles. The number of ether oxygens (including phenoxy) is 1. The van der Waals surface area contributed by atoms with Crippen molar-refractivity contribution in [2.45, 2.75) is 124 Å². The maximum atomic E-state index is 13.0. The molecule has 0 aliphatic carbocycles. The molecule has 0 aromatic rings. The predicted molar refractivity (Wildman–Crippen MR) is 188 cm³/mol. The fourth-order valence-electron chi connectivity index (χ4n) is 4.63. The second-order valence-electron chi connectivity index (χ2n) is 12.8. The van der Waals surface area contributed by atoms with Crippen LogP contribution in [0.4, 0.5) is 0 Å². The van der Waals surface area contributed by atoms with E-state index in [1.165, 1.54) is 11.8 Å². The standard InChI is InChI=1S/C32H61N6O12P/c1-8-10-11-12-15-49-51(46,47)50-23(7)29(30(33)43)37-32(45)25(20-39)36-26(40)18-34-31(44)24(17-21(3)4)35-27(41)19-38(14-9-2)28(42)13-16-48-22(5)6/h21-25,29,39H,8-20H2,1-7H3,(H2,33,43)(H,34,44)(H,35,41)(H,36,40)(H,37,45)(H,46,47)/t23-,24+,25+,29+/m1/s1. The van der Waals surface area contributed by atoms with Crippen LogP contribution < -0.4 is 27.0 Å². The third-order valence-corrected chi connectivity index (χ3v) is 8.30. The Hall–Kier alpha value is -3.15. The van der Waals surface area contributed by atoms with Crippen molar-refractivity contribution < 1.29 is 57.1 Å². The minimum atomic E-state index is -4.62. The predicted octanol–water partition coefficient (Wildman–Crippen LogP) is 0.237. The molecular formula is C32H61N6O12P. The van der Waals surface area contributed by atoms with Gasteiger partial charge in [-0.1, -0.05) is 47.0 Å². The molecule has 51 heavy (non-hydrogen) atoms. The third kappa shape index (κ3) is 21.7. The molecule has 5 atom stereocenters. The highest BCUT2D eigenvalue weighted by Gasteiger charge is 2.35. The lowest BCUT2D eigenvalue weighted by Crippen LogP contribution is -2.58. The molecule has 0 heterocycles. The minimum Gasteiger partial charge on any atom is -0.394 e. The van der Waals surface area contributed by atoms with Gasteiger partial charge in [0.2, 0.25) is 35.4 Å². The molecule has 18 nitrogen and oxygen atoms in total. The van der Waals surface area contributed by atoms with Crippen molar-refractivity contribution in [3.05, 3.63) is 0 Å². The number of nitrogens with two attached hydrogens (primary N) is 1. The topological polar surface area (TPSA) is 265 Å². The Labute approximate surface area is 301 Å². The van der Waals surface area contributed by atoms with Gasteiger partial charge in [-0.15, -0.1) is 0 Å². The van der Waals surface area contributed by atoms with Gasteiger partial charge < -0.3 is 46.6 Å². The Morgan fingerprint density at radius 2 is 1.49 bits per heavy atom. The Morgan fingerprint density at radius 3 is 2.04 bits per heavy atom. The number of phosphoric ester groups is 1. The number of phosphoric acid groups is 1. The quantitative estimate of drug-likeness (QED) is 0.0419. The van der Waals surface area contributed by atoms with Crippen LogP contribution in [0, 0.1) is 5.92 Å². The van der Waals surface area contributed by atoms with E-state index in [1.54, 1.807) is 0 Å². The molecule has 6 amide bonds. The van der Waals surface area contributed by atoms with Gasteiger partial charge in [0.15, 0.2) is 0 Å². The molecule has 0 spiro atoms. The molecule has 0 aliphatic rings. The maximum Gasteiger partial charge on any atom is 0.472 e. The highest BCUT2D eigenvalue weighted by Crippen LogP contribution is 2.45. The van der Waals surface area contributed by atoms with Gasteiger partial charge in [-0.25, -0.2) is 4.57 Å². The Kier molecular flexibility index (Phi) is 24.2. The highest BCUT2D eigenvalue weighted by atomic mass is 31.2. The van der Waals surface area contributed by atoms with Crippen molar-refractivity contribution in [2.24, 2.45) is 11.7 Å². The van der Waals surface area contributed by atoms with Gasteiger partial charge in [-0.2, -0.15) is 0 Å². The molecular weight excluding hydrogens is 691 g/mol. The molecule has 0 fully saturated rings. The minimum absolute atomic E-state index is 0.0411. The third-order valence-electron chi connectivity index (χ3n) is 7.19. The molecule has 19 heteroatoms. The average molecular weight is 753 g/mol. The van der Waals surface area contributed by atoms with E-state index in [0.717, 1.165) is 19.3 Å². The largest absolute Gasteiger partial charge is 0.472 e. The molecule has 0 aliphatic heterocycles. The fraction of sp³-hybridized carbons (Fsp3) is 0.812. The summed E-state index contributed by atoms with van der Waals surface area (Å²) < 4.78 is 27.7. The Bertz CT molecular complexity index is 1160. The summed E-state index contributed by atoms with van der Waals surface area (Å²) in [6.07, 6.45) is 2.57. The van der Waals surface area contributed by atoms with Gasteiger partial charge >= 0.3 is 7.82 Å². The summed E-state index contributed by atoms with van der Waals surface area (Å²) >= 11 is 0. The van der Waals surface area contributed by atoms with Crippen molar-refractivity contribution in [3.8, 4) is 0 Å². The lowest BCUT2D eigenvalue weighted by Gasteiger charge is -2.26. The monoisotopic (exact) mass is 752 g/mol. The fourth-order valence-corrected chi connectivity index (χ4v) is 5.59. The SMILES string of the molecule is CCCCCCOP(=O)(O)O[C@H](C)[C@H](NC(=O)[C@H](CO)NC(=O)CNC(=O)[C@H](CC(C)C)NC(=O)CN(CCC)C(=O)CCOC(C)C)C(N)=O. The van der Waals surface area contributed by atoms with Gasteiger partial charge in [0.05, 0.1) is 51.5 Å². The van der Waals surface area contributed by atoms with Crippen molar-refractivity contribution in [3.63, 3.8) is 0 Å². The number of nitrogens with one attached hydrogen (secondary N) is 4. The van der Waals surface area contributed by atoms with Crippen LogP contribution >= 0.6 is 7.82 Å². The number of unbranched alkanes of at least 4 members (excludes halogenated alkanes) is 3. The first-order valence-corrected chi connectivity index (χ1v) is 19.0. The van der Waals surface area contributed by atoms with Gasteiger partial charge in [-0.3, -0.25) is 37.8 Å². The molecule has 0 radical (unpaired) electrons. The number of carbonyl (C=O) groups is 6. The zero-order valence-electron chi connectivity index (χ0n) is 31.1. The van der Waals surface area contributed by atoms with E-state index in [-0.39, 0.29) is 50.5 Å². The number of aliphatic hydroxyl groups is 1. The first-order valence-electron chi connectivity index (χ1n) is 17.5. The zero-order chi connectivity index (χ0) is 39.1. The summed E-state index contributed by atoms with van der Waals surface area (Å²) in [4.78, 5) is 87.6. The summed E-state index contributed by atoms with van der Waals surface area (Å²) in [5, 5.41) is 19.2. The van der Waals surface area contributed by atoms with Crippen molar-refractivity contribution >= 4 is 43.3 Å². The molecule has 296 valence electrons. The summed E-state index contributed by atoms with van der Waals surface area (Å²) in [6.45, 7) is 11.0. The summed E-state index contributed by atoms with van der Waals surface area (Å²) in [6, 6.07) is -4.31. The van der Waals surface area contributed by atoms with E-state index in [1.807, 2.05) is 41.5 Å². The second-order valence-corrected chi connectivity index (χ2v) is 14.2. The van der Waals surface area contributed by atoms with Crippen LogP contribution in [0.5, 0.6) is 0 Å². The number of amides is 6. The number of hydrogen-bond donors (Lipinski definition) is 7. The summed E-state index contributed by atoms with van der Waals surface area (Å²) in [7, 11) is -4.62. The van der Waals surface area contributed by atoms with Gasteiger partial charge in [0.1, 0.15) is 18.1 Å². The van der Waals surface area contributed by atoms with Crippen LogP contribution in [0.1, 0.15) is 93.4 Å². The first kappa shape index (κ1) is 47.8. The van der Waals surface area contributed by atoms with Crippen LogP contribution in [0.2, 0.25) is 0 Å². The highest BCUT2D eigenvalue weighted by molar-refractivity contribution is 7.47. The molecule has 0 rings (SSSR count). The van der Waals surface area contributed by atoms with E-state index < -0.39 is 74.7 Å². The zero-order valence-corrected chi connectivity index (χ0v) is 32.0. The first-order chi connectivity index (χ1) is 23.9. The molecule has 0 bridgehead atoms. The number of primary amides is 1. The molecule has 0 saturated heterocycles. The van der Waals surface area contributed by atoms with Gasteiger partial charge in [0, 0.05) is 6.54 Å².